The largest absolute Gasteiger partial charge is 0.457 e. The van der Waals surface area contributed by atoms with Crippen LogP contribution in [0.15, 0.2) is 118 Å². The Bertz CT molecular complexity index is 981. The lowest BCUT2D eigenvalue weighted by Gasteiger charge is -2.10. The monoisotopic (exact) mass is 387 g/mol. The highest BCUT2D eigenvalue weighted by Crippen LogP contribution is 2.33. The molecule has 4 aromatic rings. The van der Waals surface area contributed by atoms with Crippen LogP contribution in [-0.2, 0) is 10.9 Å². The van der Waals surface area contributed by atoms with Crippen molar-refractivity contribution in [1.82, 2.24) is 0 Å². The molecule has 0 aromatic heterocycles. The van der Waals surface area contributed by atoms with Crippen LogP contribution < -0.4 is 4.74 Å². The topological polar surface area (TPSA) is 9.23 Å². The van der Waals surface area contributed by atoms with Gasteiger partial charge in [-0.15, -0.1) is 0 Å². The SMILES string of the molecule is Cc1ccc([S+](c2ccc(F)cc2)c2ccc(Oc3ccccc3)cc2)cc1. The van der Waals surface area contributed by atoms with E-state index in [0.29, 0.717) is 0 Å². The highest BCUT2D eigenvalue weighted by Gasteiger charge is 2.28. The second-order valence-corrected chi connectivity index (χ2v) is 8.49. The van der Waals surface area contributed by atoms with Gasteiger partial charge in [0.2, 0.25) is 0 Å². The molecule has 138 valence electrons. The van der Waals surface area contributed by atoms with E-state index in [9.17, 15) is 4.39 Å². The summed E-state index contributed by atoms with van der Waals surface area (Å²) in [5.41, 5.74) is 1.22. The molecule has 4 aromatic carbocycles. The average molecular weight is 387 g/mol. The van der Waals surface area contributed by atoms with E-state index >= 15 is 0 Å². The molecule has 0 saturated carbocycles. The molecule has 0 N–H and O–H groups in total. The van der Waals surface area contributed by atoms with Gasteiger partial charge in [-0.2, -0.15) is 0 Å². The Labute approximate surface area is 167 Å². The van der Waals surface area contributed by atoms with Crippen LogP contribution >= 0.6 is 0 Å². The lowest BCUT2D eigenvalue weighted by molar-refractivity contribution is 0.482. The van der Waals surface area contributed by atoms with Crippen molar-refractivity contribution in [1.29, 1.82) is 0 Å². The quantitative estimate of drug-likeness (QED) is 0.334. The second kappa shape index (κ2) is 8.32. The van der Waals surface area contributed by atoms with Gasteiger partial charge in [0.15, 0.2) is 14.7 Å². The van der Waals surface area contributed by atoms with E-state index in [2.05, 4.69) is 43.3 Å². The first-order valence-corrected chi connectivity index (χ1v) is 10.3. The number of benzene rings is 4. The zero-order valence-electron chi connectivity index (χ0n) is 15.5. The molecule has 0 spiro atoms. The van der Waals surface area contributed by atoms with Gasteiger partial charge in [-0.3, -0.25) is 0 Å². The summed E-state index contributed by atoms with van der Waals surface area (Å²) in [6.45, 7) is 2.08. The molecule has 1 nitrogen and oxygen atoms in total. The molecule has 28 heavy (non-hydrogen) atoms. The third kappa shape index (κ3) is 4.26. The molecule has 1 atom stereocenters. The molecular formula is C25H20FOS+. The predicted molar refractivity (Wildman–Crippen MR) is 113 cm³/mol. The van der Waals surface area contributed by atoms with E-state index < -0.39 is 0 Å². The minimum Gasteiger partial charge on any atom is -0.457 e. The highest BCUT2D eigenvalue weighted by atomic mass is 32.2. The molecule has 0 heterocycles. The Morgan fingerprint density at radius 3 is 1.61 bits per heavy atom. The van der Waals surface area contributed by atoms with Crippen LogP contribution in [0.2, 0.25) is 0 Å². The summed E-state index contributed by atoms with van der Waals surface area (Å²) in [5.74, 6) is 1.38. The Morgan fingerprint density at radius 1 is 0.571 bits per heavy atom. The number of rotatable bonds is 5. The Hall–Kier alpha value is -3.04. The van der Waals surface area contributed by atoms with Crippen molar-refractivity contribution >= 4 is 10.9 Å². The van der Waals surface area contributed by atoms with Gasteiger partial charge in [0.1, 0.15) is 17.3 Å². The number of hydrogen-bond donors (Lipinski definition) is 0. The molecule has 0 saturated heterocycles. The van der Waals surface area contributed by atoms with Gasteiger partial charge >= 0.3 is 0 Å². The fraction of sp³-hybridized carbons (Fsp3) is 0.0400. The van der Waals surface area contributed by atoms with Gasteiger partial charge in [0, 0.05) is 0 Å². The summed E-state index contributed by atoms with van der Waals surface area (Å²) in [4.78, 5) is 3.45. The Kier molecular flexibility index (Phi) is 5.45. The second-order valence-electron chi connectivity index (χ2n) is 6.46. The highest BCUT2D eigenvalue weighted by molar-refractivity contribution is 7.97. The van der Waals surface area contributed by atoms with Crippen molar-refractivity contribution in [3.8, 4) is 11.5 Å². The molecule has 3 heteroatoms. The maximum atomic E-state index is 13.5. The van der Waals surface area contributed by atoms with Gasteiger partial charge in [-0.1, -0.05) is 35.9 Å². The molecule has 4 rings (SSSR count). The summed E-state index contributed by atoms with van der Waals surface area (Å²) in [6.07, 6.45) is 0. The smallest absolute Gasteiger partial charge is 0.166 e. The summed E-state index contributed by atoms with van der Waals surface area (Å²) in [7, 11) is -0.308. The van der Waals surface area contributed by atoms with Crippen molar-refractivity contribution in [3.63, 3.8) is 0 Å². The number of aryl methyl sites for hydroxylation is 1. The van der Waals surface area contributed by atoms with Gasteiger partial charge in [0.05, 0.1) is 10.9 Å². The minimum atomic E-state index is -0.308. The summed E-state index contributed by atoms with van der Waals surface area (Å²) in [5, 5.41) is 0. The molecule has 0 aliphatic carbocycles. The molecule has 0 bridgehead atoms. The fourth-order valence-electron chi connectivity index (χ4n) is 2.92. The van der Waals surface area contributed by atoms with Gasteiger partial charge < -0.3 is 4.74 Å². The predicted octanol–water partition coefficient (Wildman–Crippen LogP) is 7.02. The van der Waals surface area contributed by atoms with Crippen LogP contribution in [0.1, 0.15) is 5.56 Å². The number of halogens is 1. The van der Waals surface area contributed by atoms with Gasteiger partial charge in [-0.05, 0) is 79.7 Å². The molecule has 0 amide bonds. The lowest BCUT2D eigenvalue weighted by Crippen LogP contribution is -2.05. The van der Waals surface area contributed by atoms with E-state index in [4.69, 9.17) is 4.74 Å². The molecule has 0 fully saturated rings. The first-order chi connectivity index (χ1) is 13.7. The van der Waals surface area contributed by atoms with Crippen molar-refractivity contribution < 1.29 is 9.13 Å². The fourth-order valence-corrected chi connectivity index (χ4v) is 4.96. The van der Waals surface area contributed by atoms with Crippen LogP contribution in [0.5, 0.6) is 11.5 Å². The van der Waals surface area contributed by atoms with Gasteiger partial charge in [0.25, 0.3) is 0 Å². The molecule has 0 aliphatic heterocycles. The van der Waals surface area contributed by atoms with Crippen LogP contribution in [0.3, 0.4) is 0 Å². The first-order valence-electron chi connectivity index (χ1n) is 9.08. The van der Waals surface area contributed by atoms with Crippen LogP contribution in [-0.4, -0.2) is 0 Å². The van der Waals surface area contributed by atoms with Gasteiger partial charge in [-0.25, -0.2) is 4.39 Å². The number of para-hydroxylation sites is 1. The summed E-state index contributed by atoms with van der Waals surface area (Å²) < 4.78 is 19.4. The Balaban J connectivity index is 1.68. The standard InChI is InChI=1S/C25H20FOS/c1-19-7-13-23(14-8-19)28(24-15-9-20(26)10-16-24)25-17-11-22(12-18-25)27-21-5-3-2-4-6-21/h2-18H,1H3/q+1. The lowest BCUT2D eigenvalue weighted by atomic mass is 10.2. The van der Waals surface area contributed by atoms with Crippen LogP contribution in [0.25, 0.3) is 0 Å². The zero-order chi connectivity index (χ0) is 19.3. The van der Waals surface area contributed by atoms with E-state index in [0.717, 1.165) is 21.3 Å². The summed E-state index contributed by atoms with van der Waals surface area (Å²) >= 11 is 0. The van der Waals surface area contributed by atoms with E-state index in [-0.39, 0.29) is 16.7 Å². The van der Waals surface area contributed by atoms with E-state index in [1.807, 2.05) is 54.6 Å². The third-order valence-electron chi connectivity index (χ3n) is 4.34. The molecule has 1 unspecified atom stereocenters. The number of ether oxygens (including phenoxy) is 1. The first kappa shape index (κ1) is 18.3. The van der Waals surface area contributed by atoms with Crippen LogP contribution in [0.4, 0.5) is 4.39 Å². The van der Waals surface area contributed by atoms with Crippen LogP contribution in [0, 0.1) is 12.7 Å². The molecule has 0 aliphatic rings. The van der Waals surface area contributed by atoms with Crippen molar-refractivity contribution in [2.45, 2.75) is 21.6 Å². The zero-order valence-corrected chi connectivity index (χ0v) is 16.3. The maximum absolute atomic E-state index is 13.5. The molecule has 0 radical (unpaired) electrons. The van der Waals surface area contributed by atoms with E-state index in [1.165, 1.54) is 22.6 Å². The average Bonchev–Trinajstić information content (AvgIpc) is 2.73. The van der Waals surface area contributed by atoms with Crippen molar-refractivity contribution in [3.05, 3.63) is 115 Å². The summed E-state index contributed by atoms with van der Waals surface area (Å²) in [6, 6.07) is 33.2. The maximum Gasteiger partial charge on any atom is 0.166 e. The third-order valence-corrected chi connectivity index (χ3v) is 6.58. The van der Waals surface area contributed by atoms with Crippen molar-refractivity contribution in [2.75, 3.05) is 0 Å². The minimum absolute atomic E-state index is 0.220. The van der Waals surface area contributed by atoms with Crippen molar-refractivity contribution in [2.24, 2.45) is 0 Å². The van der Waals surface area contributed by atoms with E-state index in [1.54, 1.807) is 0 Å². The Morgan fingerprint density at radius 2 is 1.04 bits per heavy atom. The molecular weight excluding hydrogens is 367 g/mol. The normalized spacial score (nSPS) is 11.8. The number of hydrogen-bond acceptors (Lipinski definition) is 1.